The highest BCUT2D eigenvalue weighted by Crippen LogP contribution is 2.26. The van der Waals surface area contributed by atoms with Gasteiger partial charge in [-0.3, -0.25) is 4.79 Å². The zero-order chi connectivity index (χ0) is 16.1. The average Bonchev–Trinajstić information content (AvgIpc) is 2.54. The summed E-state index contributed by atoms with van der Waals surface area (Å²) in [6.45, 7) is 1.68. The van der Waals surface area contributed by atoms with Crippen molar-refractivity contribution in [1.29, 1.82) is 0 Å². The van der Waals surface area contributed by atoms with Gasteiger partial charge < -0.3 is 10.5 Å². The molecule has 1 amide bonds. The number of esters is 1. The topological polar surface area (TPSA) is 69.4 Å². The number of benzene rings is 2. The highest BCUT2D eigenvalue weighted by molar-refractivity contribution is 5.97. The Morgan fingerprint density at radius 2 is 1.68 bits per heavy atom. The van der Waals surface area contributed by atoms with Gasteiger partial charge in [0.15, 0.2) is 0 Å². The molecule has 0 aliphatic rings. The molecule has 2 aromatic rings. The quantitative estimate of drug-likeness (QED) is 0.696. The fraction of sp³-hybridized carbons (Fsp3) is 0.111. The second-order valence-electron chi connectivity index (χ2n) is 4.85. The van der Waals surface area contributed by atoms with E-state index in [1.807, 2.05) is 36.4 Å². The van der Waals surface area contributed by atoms with Gasteiger partial charge in [-0.2, -0.15) is 0 Å². The average molecular weight is 295 g/mol. The SMILES string of the molecule is COC(=O)c1ccc(-c2ccccc2C=C(C)C(N)=O)cc1. The molecule has 0 aromatic heterocycles. The van der Waals surface area contributed by atoms with Crippen molar-refractivity contribution in [2.45, 2.75) is 6.92 Å². The van der Waals surface area contributed by atoms with Crippen LogP contribution in [0.3, 0.4) is 0 Å². The van der Waals surface area contributed by atoms with Gasteiger partial charge in [-0.25, -0.2) is 4.79 Å². The molecule has 0 saturated carbocycles. The predicted molar refractivity (Wildman–Crippen MR) is 86.1 cm³/mol. The zero-order valence-corrected chi connectivity index (χ0v) is 12.5. The Balaban J connectivity index is 2.43. The highest BCUT2D eigenvalue weighted by Gasteiger charge is 2.08. The van der Waals surface area contributed by atoms with E-state index in [1.54, 1.807) is 25.1 Å². The lowest BCUT2D eigenvalue weighted by atomic mass is 9.97. The number of amides is 1. The monoisotopic (exact) mass is 295 g/mol. The summed E-state index contributed by atoms with van der Waals surface area (Å²) in [5, 5.41) is 0. The highest BCUT2D eigenvalue weighted by atomic mass is 16.5. The van der Waals surface area contributed by atoms with Gasteiger partial charge in [0.2, 0.25) is 5.91 Å². The van der Waals surface area contributed by atoms with Crippen molar-refractivity contribution in [3.05, 3.63) is 65.2 Å². The summed E-state index contributed by atoms with van der Waals surface area (Å²) in [5.41, 5.74) is 9.05. The number of hydrogen-bond acceptors (Lipinski definition) is 3. The van der Waals surface area contributed by atoms with Crippen LogP contribution in [-0.2, 0) is 9.53 Å². The molecule has 2 N–H and O–H groups in total. The smallest absolute Gasteiger partial charge is 0.337 e. The third-order valence-electron chi connectivity index (χ3n) is 3.34. The van der Waals surface area contributed by atoms with Crippen molar-refractivity contribution in [1.82, 2.24) is 0 Å². The van der Waals surface area contributed by atoms with Crippen LogP contribution in [0.5, 0.6) is 0 Å². The van der Waals surface area contributed by atoms with E-state index in [0.29, 0.717) is 11.1 Å². The normalized spacial score (nSPS) is 11.1. The van der Waals surface area contributed by atoms with Crippen LogP contribution in [0.1, 0.15) is 22.8 Å². The predicted octanol–water partition coefficient (Wildman–Crippen LogP) is 3.03. The summed E-state index contributed by atoms with van der Waals surface area (Å²) >= 11 is 0. The molecular weight excluding hydrogens is 278 g/mol. The Morgan fingerprint density at radius 3 is 2.27 bits per heavy atom. The zero-order valence-electron chi connectivity index (χ0n) is 12.5. The van der Waals surface area contributed by atoms with Crippen molar-refractivity contribution in [2.24, 2.45) is 5.73 Å². The summed E-state index contributed by atoms with van der Waals surface area (Å²) in [6.07, 6.45) is 1.76. The number of rotatable bonds is 4. The molecule has 0 radical (unpaired) electrons. The maximum atomic E-state index is 11.5. The minimum absolute atomic E-state index is 0.371. The van der Waals surface area contributed by atoms with E-state index in [0.717, 1.165) is 16.7 Å². The molecule has 0 bridgehead atoms. The third kappa shape index (κ3) is 3.41. The maximum Gasteiger partial charge on any atom is 0.337 e. The summed E-state index contributed by atoms with van der Waals surface area (Å²) in [6, 6.07) is 14.8. The minimum atomic E-state index is -0.448. The second kappa shape index (κ2) is 6.72. The Labute approximate surface area is 129 Å². The van der Waals surface area contributed by atoms with E-state index in [1.165, 1.54) is 7.11 Å². The number of nitrogens with two attached hydrogens (primary N) is 1. The Bertz CT molecular complexity index is 730. The number of carbonyl (C=O) groups excluding carboxylic acids is 2. The number of hydrogen-bond donors (Lipinski definition) is 1. The largest absolute Gasteiger partial charge is 0.465 e. The van der Waals surface area contributed by atoms with E-state index >= 15 is 0 Å². The van der Waals surface area contributed by atoms with Gasteiger partial charge in [0.1, 0.15) is 0 Å². The minimum Gasteiger partial charge on any atom is -0.465 e. The number of carbonyl (C=O) groups is 2. The van der Waals surface area contributed by atoms with Crippen molar-refractivity contribution in [3.63, 3.8) is 0 Å². The van der Waals surface area contributed by atoms with E-state index in [2.05, 4.69) is 4.74 Å². The number of primary amides is 1. The molecule has 2 aromatic carbocycles. The van der Waals surface area contributed by atoms with Crippen molar-refractivity contribution in [2.75, 3.05) is 7.11 Å². The molecule has 0 unspecified atom stereocenters. The number of methoxy groups -OCH3 is 1. The lowest BCUT2D eigenvalue weighted by molar-refractivity contribution is -0.114. The molecule has 4 heteroatoms. The van der Waals surface area contributed by atoms with Crippen LogP contribution in [0.25, 0.3) is 17.2 Å². The summed E-state index contributed by atoms with van der Waals surface area (Å²) in [4.78, 5) is 22.7. The molecule has 4 nitrogen and oxygen atoms in total. The Morgan fingerprint density at radius 1 is 1.05 bits per heavy atom. The second-order valence-corrected chi connectivity index (χ2v) is 4.85. The lowest BCUT2D eigenvalue weighted by Gasteiger charge is -2.08. The first-order valence-electron chi connectivity index (χ1n) is 6.79. The van der Waals surface area contributed by atoms with Gasteiger partial charge in [-0.1, -0.05) is 36.4 Å². The van der Waals surface area contributed by atoms with Crippen LogP contribution in [0, 0.1) is 0 Å². The Kier molecular flexibility index (Phi) is 4.73. The Hall–Kier alpha value is -2.88. The van der Waals surface area contributed by atoms with E-state index in [4.69, 9.17) is 5.73 Å². The van der Waals surface area contributed by atoms with Gasteiger partial charge in [0, 0.05) is 5.57 Å². The summed E-state index contributed by atoms with van der Waals surface area (Å²) < 4.78 is 4.68. The summed E-state index contributed by atoms with van der Waals surface area (Å²) in [5.74, 6) is -0.819. The molecule has 112 valence electrons. The molecule has 2 rings (SSSR count). The van der Waals surface area contributed by atoms with E-state index < -0.39 is 5.91 Å². The van der Waals surface area contributed by atoms with Gasteiger partial charge in [0.05, 0.1) is 12.7 Å². The van der Waals surface area contributed by atoms with E-state index in [-0.39, 0.29) is 5.97 Å². The molecule has 22 heavy (non-hydrogen) atoms. The van der Waals surface area contributed by atoms with Crippen LogP contribution in [0.15, 0.2) is 54.1 Å². The molecule has 0 heterocycles. The van der Waals surface area contributed by atoms with E-state index in [9.17, 15) is 9.59 Å². The molecule has 0 fully saturated rings. The molecule has 0 aliphatic carbocycles. The van der Waals surface area contributed by atoms with Crippen molar-refractivity contribution >= 4 is 18.0 Å². The van der Waals surface area contributed by atoms with Gasteiger partial charge in [-0.05, 0) is 41.8 Å². The van der Waals surface area contributed by atoms with Gasteiger partial charge in [0.25, 0.3) is 0 Å². The van der Waals surface area contributed by atoms with Crippen molar-refractivity contribution in [3.8, 4) is 11.1 Å². The molecule has 0 saturated heterocycles. The van der Waals surface area contributed by atoms with Crippen LogP contribution in [0.4, 0.5) is 0 Å². The van der Waals surface area contributed by atoms with Crippen LogP contribution in [0.2, 0.25) is 0 Å². The van der Waals surface area contributed by atoms with Crippen LogP contribution < -0.4 is 5.73 Å². The molecule has 0 aliphatic heterocycles. The molecule has 0 atom stereocenters. The fourth-order valence-electron chi connectivity index (χ4n) is 2.09. The molecular formula is C18H17NO3. The first kappa shape index (κ1) is 15.5. The maximum absolute atomic E-state index is 11.5. The summed E-state index contributed by atoms with van der Waals surface area (Å²) in [7, 11) is 1.35. The lowest BCUT2D eigenvalue weighted by Crippen LogP contribution is -2.11. The van der Waals surface area contributed by atoms with Gasteiger partial charge >= 0.3 is 5.97 Å². The fourth-order valence-corrected chi connectivity index (χ4v) is 2.09. The first-order valence-corrected chi connectivity index (χ1v) is 6.79. The standard InChI is InChI=1S/C18H17NO3/c1-12(17(19)20)11-15-5-3-4-6-16(15)13-7-9-14(10-8-13)18(21)22-2/h3-11H,1-2H3,(H2,19,20). The van der Waals surface area contributed by atoms with Crippen molar-refractivity contribution < 1.29 is 14.3 Å². The number of ether oxygens (including phenoxy) is 1. The van der Waals surface area contributed by atoms with Crippen LogP contribution in [-0.4, -0.2) is 19.0 Å². The van der Waals surface area contributed by atoms with Crippen LogP contribution >= 0.6 is 0 Å². The third-order valence-corrected chi connectivity index (χ3v) is 3.34. The molecule has 0 spiro atoms. The van der Waals surface area contributed by atoms with Gasteiger partial charge in [-0.15, -0.1) is 0 Å². The first-order chi connectivity index (χ1) is 10.5.